The van der Waals surface area contributed by atoms with Crippen LogP contribution in [0.15, 0.2) is 84.1 Å². The molecule has 0 aliphatic heterocycles. The van der Waals surface area contributed by atoms with Crippen LogP contribution in [-0.4, -0.2) is 0 Å². The van der Waals surface area contributed by atoms with Gasteiger partial charge in [0, 0.05) is 5.70 Å². The summed E-state index contributed by atoms with van der Waals surface area (Å²) in [7, 11) is 0. The Morgan fingerprint density at radius 3 is 2.36 bits per heavy atom. The number of benzene rings is 1. The van der Waals surface area contributed by atoms with Crippen molar-refractivity contribution in [2.75, 3.05) is 0 Å². The van der Waals surface area contributed by atoms with Gasteiger partial charge in [-0.05, 0) is 55.0 Å². The van der Waals surface area contributed by atoms with Crippen LogP contribution in [-0.2, 0) is 6.42 Å². The summed E-state index contributed by atoms with van der Waals surface area (Å²) in [4.78, 5) is 0. The average molecular weight is 293 g/mol. The van der Waals surface area contributed by atoms with Crippen molar-refractivity contribution in [1.29, 1.82) is 0 Å². The summed E-state index contributed by atoms with van der Waals surface area (Å²) in [5, 5.41) is 0. The van der Waals surface area contributed by atoms with Gasteiger partial charge in [0.2, 0.25) is 0 Å². The molecule has 1 aliphatic rings. The highest BCUT2D eigenvalue weighted by Crippen LogP contribution is 2.31. The molecule has 0 fully saturated rings. The normalized spacial score (nSPS) is 17.0. The van der Waals surface area contributed by atoms with Gasteiger partial charge in [-0.2, -0.15) is 0 Å². The summed E-state index contributed by atoms with van der Waals surface area (Å²) in [5.74, 6) is 0. The van der Waals surface area contributed by atoms with Gasteiger partial charge in [-0.1, -0.05) is 68.1 Å². The van der Waals surface area contributed by atoms with Crippen molar-refractivity contribution in [1.82, 2.24) is 0 Å². The highest BCUT2D eigenvalue weighted by atomic mass is 14.6. The Bertz CT molecular complexity index is 610. The fraction of sp³-hybridized carbons (Fsp3) is 0.238. The fourth-order valence-electron chi connectivity index (χ4n) is 2.22. The van der Waals surface area contributed by atoms with E-state index in [1.807, 2.05) is 13.0 Å². The van der Waals surface area contributed by atoms with E-state index in [4.69, 9.17) is 5.73 Å². The molecule has 0 saturated carbocycles. The number of allylic oxidation sites excluding steroid dienone is 7. The molecule has 1 aromatic rings. The number of nitrogens with two attached hydrogens (primary N) is 1. The van der Waals surface area contributed by atoms with Crippen molar-refractivity contribution >= 4 is 0 Å². The third kappa shape index (κ3) is 5.25. The second-order valence-corrected chi connectivity index (χ2v) is 5.38. The van der Waals surface area contributed by atoms with E-state index in [1.54, 1.807) is 6.08 Å². The van der Waals surface area contributed by atoms with Crippen LogP contribution >= 0.6 is 0 Å². The van der Waals surface area contributed by atoms with E-state index < -0.39 is 0 Å². The first-order chi connectivity index (χ1) is 10.5. The molecular formula is C21H27N. The summed E-state index contributed by atoms with van der Waals surface area (Å²) in [5.41, 5.74) is 12.6. The molecule has 0 atom stereocenters. The molecule has 22 heavy (non-hydrogen) atoms. The van der Waals surface area contributed by atoms with Crippen LogP contribution in [0.5, 0.6) is 0 Å². The van der Waals surface area contributed by atoms with Gasteiger partial charge in [-0.3, -0.25) is 0 Å². The van der Waals surface area contributed by atoms with Crippen LogP contribution in [0.1, 0.15) is 31.4 Å². The SMILES string of the molecule is C=C/C=C1/C=C(C(=C)N)C/C1=C/C.CCc1ccc(C)cc1. The van der Waals surface area contributed by atoms with Crippen LogP contribution in [0.25, 0.3) is 0 Å². The number of rotatable bonds is 3. The maximum absolute atomic E-state index is 5.63. The number of hydrogen-bond donors (Lipinski definition) is 1. The van der Waals surface area contributed by atoms with Gasteiger partial charge >= 0.3 is 0 Å². The second-order valence-electron chi connectivity index (χ2n) is 5.38. The maximum Gasteiger partial charge on any atom is 0.0277 e. The molecule has 1 aromatic carbocycles. The second kappa shape index (κ2) is 8.89. The molecular weight excluding hydrogens is 266 g/mol. The lowest BCUT2D eigenvalue weighted by molar-refractivity contribution is 1.14. The Morgan fingerprint density at radius 1 is 1.27 bits per heavy atom. The van der Waals surface area contributed by atoms with E-state index in [0.717, 1.165) is 18.4 Å². The molecule has 0 saturated heterocycles. The van der Waals surface area contributed by atoms with Crippen molar-refractivity contribution < 1.29 is 0 Å². The molecule has 0 aromatic heterocycles. The Kier molecular flexibility index (Phi) is 7.18. The van der Waals surface area contributed by atoms with Crippen molar-refractivity contribution in [2.24, 2.45) is 5.73 Å². The molecule has 2 N–H and O–H groups in total. The van der Waals surface area contributed by atoms with E-state index in [-0.39, 0.29) is 0 Å². The van der Waals surface area contributed by atoms with Gasteiger partial charge in [0.1, 0.15) is 0 Å². The molecule has 2 rings (SSSR count). The van der Waals surface area contributed by atoms with E-state index >= 15 is 0 Å². The largest absolute Gasteiger partial charge is 0.399 e. The first kappa shape index (κ1) is 17.8. The summed E-state index contributed by atoms with van der Waals surface area (Å²) >= 11 is 0. The Morgan fingerprint density at radius 2 is 1.91 bits per heavy atom. The predicted octanol–water partition coefficient (Wildman–Crippen LogP) is 5.41. The van der Waals surface area contributed by atoms with Gasteiger partial charge in [-0.25, -0.2) is 0 Å². The smallest absolute Gasteiger partial charge is 0.0277 e. The van der Waals surface area contributed by atoms with Crippen LogP contribution in [0.2, 0.25) is 0 Å². The molecule has 1 heteroatoms. The Hall–Kier alpha value is -2.28. The van der Waals surface area contributed by atoms with Crippen molar-refractivity contribution in [3.8, 4) is 0 Å². The lowest BCUT2D eigenvalue weighted by Gasteiger charge is -1.98. The standard InChI is InChI=1S/C12H15N.C9H12/c1-4-6-11-8-12(9(3)13)7-10(11)5-2;1-3-9-6-4-8(2)5-7-9/h4-6,8H,1,3,7,13H2,2H3;4-7H,3H2,1-2H3/b10-5-,11-6-;. The number of hydrogen-bond acceptors (Lipinski definition) is 1. The van der Waals surface area contributed by atoms with Crippen molar-refractivity contribution in [3.05, 3.63) is 95.3 Å². The van der Waals surface area contributed by atoms with Gasteiger partial charge in [0.05, 0.1) is 0 Å². The van der Waals surface area contributed by atoms with Crippen LogP contribution in [0.3, 0.4) is 0 Å². The Balaban J connectivity index is 0.000000235. The monoisotopic (exact) mass is 293 g/mol. The topological polar surface area (TPSA) is 26.0 Å². The summed E-state index contributed by atoms with van der Waals surface area (Å²) in [6.07, 6.45) is 9.98. The van der Waals surface area contributed by atoms with Gasteiger partial charge in [0.15, 0.2) is 0 Å². The van der Waals surface area contributed by atoms with Gasteiger partial charge < -0.3 is 5.73 Å². The zero-order valence-corrected chi connectivity index (χ0v) is 14.0. The lowest BCUT2D eigenvalue weighted by atomic mass is 10.1. The highest BCUT2D eigenvalue weighted by Gasteiger charge is 2.14. The zero-order chi connectivity index (χ0) is 16.5. The minimum absolute atomic E-state index is 0.659. The quantitative estimate of drug-likeness (QED) is 0.792. The van der Waals surface area contributed by atoms with Crippen LogP contribution in [0.4, 0.5) is 0 Å². The molecule has 0 amide bonds. The van der Waals surface area contributed by atoms with E-state index in [0.29, 0.717) is 5.70 Å². The molecule has 0 unspecified atom stereocenters. The highest BCUT2D eigenvalue weighted by molar-refractivity contribution is 5.55. The van der Waals surface area contributed by atoms with Crippen molar-refractivity contribution in [3.63, 3.8) is 0 Å². The summed E-state index contributed by atoms with van der Waals surface area (Å²) in [6.45, 7) is 13.7. The molecule has 1 nitrogen and oxygen atoms in total. The average Bonchev–Trinajstić information content (AvgIpc) is 2.92. The van der Waals surface area contributed by atoms with E-state index in [2.05, 4.69) is 63.4 Å². The molecule has 1 aliphatic carbocycles. The maximum atomic E-state index is 5.63. The minimum atomic E-state index is 0.659. The molecule has 0 bridgehead atoms. The number of aryl methyl sites for hydroxylation is 2. The van der Waals surface area contributed by atoms with Crippen molar-refractivity contribution in [2.45, 2.75) is 33.6 Å². The summed E-state index contributed by atoms with van der Waals surface area (Å²) < 4.78 is 0. The van der Waals surface area contributed by atoms with E-state index in [1.165, 1.54) is 22.3 Å². The third-order valence-corrected chi connectivity index (χ3v) is 3.67. The van der Waals surface area contributed by atoms with Crippen LogP contribution < -0.4 is 5.73 Å². The van der Waals surface area contributed by atoms with Gasteiger partial charge in [-0.15, -0.1) is 0 Å². The first-order valence-electron chi connectivity index (χ1n) is 7.70. The third-order valence-electron chi connectivity index (χ3n) is 3.67. The lowest BCUT2D eigenvalue weighted by Crippen LogP contribution is -1.96. The Labute approximate surface area is 135 Å². The molecule has 116 valence electrons. The fourth-order valence-corrected chi connectivity index (χ4v) is 2.22. The zero-order valence-electron chi connectivity index (χ0n) is 14.0. The molecule has 0 spiro atoms. The first-order valence-corrected chi connectivity index (χ1v) is 7.70. The molecule has 0 heterocycles. The summed E-state index contributed by atoms with van der Waals surface area (Å²) in [6, 6.07) is 8.66. The predicted molar refractivity (Wildman–Crippen MR) is 98.6 cm³/mol. The van der Waals surface area contributed by atoms with Crippen LogP contribution in [0, 0.1) is 6.92 Å². The minimum Gasteiger partial charge on any atom is -0.399 e. The van der Waals surface area contributed by atoms with Gasteiger partial charge in [0.25, 0.3) is 0 Å². The van der Waals surface area contributed by atoms with E-state index in [9.17, 15) is 0 Å². The molecule has 0 radical (unpaired) electrons.